The summed E-state index contributed by atoms with van der Waals surface area (Å²) in [7, 11) is 0. The molecule has 2 amide bonds. The van der Waals surface area contributed by atoms with Crippen molar-refractivity contribution in [2.24, 2.45) is 0 Å². The summed E-state index contributed by atoms with van der Waals surface area (Å²) in [5.74, 6) is -0.621. The van der Waals surface area contributed by atoms with E-state index >= 15 is 0 Å². The molecule has 1 aromatic heterocycles. The number of benzene rings is 1. The molecule has 0 radical (unpaired) electrons. The molecule has 0 spiro atoms. The van der Waals surface area contributed by atoms with Crippen molar-refractivity contribution >= 4 is 29.2 Å². The summed E-state index contributed by atoms with van der Waals surface area (Å²) in [6, 6.07) is 12.6. The number of rotatable bonds is 6. The zero-order valence-electron chi connectivity index (χ0n) is 13.7. The van der Waals surface area contributed by atoms with Gasteiger partial charge in [0.1, 0.15) is 5.70 Å². The van der Waals surface area contributed by atoms with Gasteiger partial charge in [0.15, 0.2) is 0 Å². The van der Waals surface area contributed by atoms with Crippen LogP contribution in [0.1, 0.15) is 28.1 Å². The zero-order chi connectivity index (χ0) is 17.5. The van der Waals surface area contributed by atoms with Crippen LogP contribution >= 0.6 is 11.3 Å². The fourth-order valence-electron chi connectivity index (χ4n) is 2.57. The van der Waals surface area contributed by atoms with E-state index < -0.39 is 0 Å². The predicted octanol–water partition coefficient (Wildman–Crippen LogP) is 2.81. The first-order valence-electron chi connectivity index (χ1n) is 8.24. The van der Waals surface area contributed by atoms with E-state index in [1.165, 1.54) is 11.3 Å². The van der Waals surface area contributed by atoms with Gasteiger partial charge in [0, 0.05) is 23.6 Å². The van der Waals surface area contributed by atoms with Crippen LogP contribution in [0.5, 0.6) is 0 Å². The van der Waals surface area contributed by atoms with Crippen LogP contribution in [-0.4, -0.2) is 31.1 Å². The number of hydrogen-bond acceptors (Lipinski definition) is 4. The summed E-state index contributed by atoms with van der Waals surface area (Å²) in [5.41, 5.74) is 0.737. The number of thiophene rings is 1. The molecule has 1 aromatic carbocycles. The molecule has 130 valence electrons. The maximum Gasteiger partial charge on any atom is 0.267 e. The van der Waals surface area contributed by atoms with E-state index in [0.717, 1.165) is 24.3 Å². The molecule has 2 heterocycles. The van der Waals surface area contributed by atoms with Crippen LogP contribution in [-0.2, 0) is 9.53 Å². The second kappa shape index (κ2) is 8.60. The highest BCUT2D eigenvalue weighted by Crippen LogP contribution is 2.14. The van der Waals surface area contributed by atoms with Gasteiger partial charge < -0.3 is 15.4 Å². The Balaban J connectivity index is 1.70. The summed E-state index contributed by atoms with van der Waals surface area (Å²) in [5, 5.41) is 7.50. The lowest BCUT2D eigenvalue weighted by atomic mass is 10.2. The molecule has 2 aromatic rings. The largest absolute Gasteiger partial charge is 0.376 e. The van der Waals surface area contributed by atoms with Gasteiger partial charge in [-0.05, 0) is 42.5 Å². The monoisotopic (exact) mass is 356 g/mol. The van der Waals surface area contributed by atoms with Crippen molar-refractivity contribution in [1.82, 2.24) is 10.6 Å². The van der Waals surface area contributed by atoms with Gasteiger partial charge in [-0.2, -0.15) is 0 Å². The maximum atomic E-state index is 12.5. The minimum absolute atomic E-state index is 0.0526. The third-order valence-electron chi connectivity index (χ3n) is 3.87. The first kappa shape index (κ1) is 17.4. The standard InChI is InChI=1S/C19H20N2O3S/c22-18(14-6-2-1-3-7-14)21-17(12-16-9-5-11-25-16)19(23)20-13-15-8-4-10-24-15/h1-3,5-7,9,11-12,15H,4,8,10,13H2,(H,20,23)(H,21,22)/b17-12-/t15-/m0/s1. The van der Waals surface area contributed by atoms with E-state index in [2.05, 4.69) is 10.6 Å². The average molecular weight is 356 g/mol. The fraction of sp³-hybridized carbons (Fsp3) is 0.263. The second-order valence-electron chi connectivity index (χ2n) is 5.74. The highest BCUT2D eigenvalue weighted by molar-refractivity contribution is 7.10. The summed E-state index contributed by atoms with van der Waals surface area (Å²) in [4.78, 5) is 25.8. The molecule has 0 aliphatic carbocycles. The Morgan fingerprint density at radius 2 is 2.04 bits per heavy atom. The van der Waals surface area contributed by atoms with Crippen LogP contribution in [0.3, 0.4) is 0 Å². The molecule has 6 heteroatoms. The fourth-order valence-corrected chi connectivity index (χ4v) is 3.22. The molecule has 25 heavy (non-hydrogen) atoms. The Morgan fingerprint density at radius 1 is 1.20 bits per heavy atom. The first-order valence-corrected chi connectivity index (χ1v) is 9.12. The van der Waals surface area contributed by atoms with Crippen molar-refractivity contribution in [3.63, 3.8) is 0 Å². The smallest absolute Gasteiger partial charge is 0.267 e. The van der Waals surface area contributed by atoms with Gasteiger partial charge in [0.25, 0.3) is 11.8 Å². The number of nitrogens with one attached hydrogen (secondary N) is 2. The normalized spacial score (nSPS) is 17.3. The SMILES string of the molecule is O=C(NC[C@@H]1CCCO1)/C(=C/c1cccs1)NC(=O)c1ccccc1. The van der Waals surface area contributed by atoms with Gasteiger partial charge in [0.2, 0.25) is 0 Å². The van der Waals surface area contributed by atoms with Crippen molar-refractivity contribution in [2.45, 2.75) is 18.9 Å². The first-order chi connectivity index (χ1) is 12.2. The van der Waals surface area contributed by atoms with E-state index in [4.69, 9.17) is 4.74 Å². The van der Waals surface area contributed by atoms with E-state index in [0.29, 0.717) is 12.1 Å². The lowest BCUT2D eigenvalue weighted by Gasteiger charge is -2.13. The molecule has 1 saturated heterocycles. The number of hydrogen-bond donors (Lipinski definition) is 2. The van der Waals surface area contributed by atoms with Gasteiger partial charge in [-0.25, -0.2) is 0 Å². The summed E-state index contributed by atoms with van der Waals surface area (Å²) >= 11 is 1.50. The lowest BCUT2D eigenvalue weighted by Crippen LogP contribution is -2.38. The number of carbonyl (C=O) groups is 2. The topological polar surface area (TPSA) is 67.4 Å². The third-order valence-corrected chi connectivity index (χ3v) is 4.69. The molecule has 2 N–H and O–H groups in total. The summed E-state index contributed by atoms with van der Waals surface area (Å²) in [6.07, 6.45) is 3.71. The van der Waals surface area contributed by atoms with E-state index in [1.54, 1.807) is 30.3 Å². The third kappa shape index (κ3) is 5.01. The van der Waals surface area contributed by atoms with Crippen LogP contribution in [0, 0.1) is 0 Å². The maximum absolute atomic E-state index is 12.5. The molecule has 0 saturated carbocycles. The second-order valence-corrected chi connectivity index (χ2v) is 6.72. The molecule has 0 bridgehead atoms. The van der Waals surface area contributed by atoms with Crippen LogP contribution in [0.15, 0.2) is 53.5 Å². The average Bonchev–Trinajstić information content (AvgIpc) is 3.33. The van der Waals surface area contributed by atoms with Gasteiger partial charge >= 0.3 is 0 Å². The van der Waals surface area contributed by atoms with Gasteiger partial charge in [0.05, 0.1) is 6.10 Å². The van der Waals surface area contributed by atoms with Gasteiger partial charge in [-0.3, -0.25) is 9.59 Å². The molecule has 5 nitrogen and oxygen atoms in total. The number of carbonyl (C=O) groups excluding carboxylic acids is 2. The molecular weight excluding hydrogens is 336 g/mol. The quantitative estimate of drug-likeness (QED) is 0.782. The Kier molecular flexibility index (Phi) is 5.98. The Labute approximate surface area is 150 Å². The molecule has 3 rings (SSSR count). The molecule has 1 aliphatic rings. The molecule has 0 unspecified atom stereocenters. The van der Waals surface area contributed by atoms with E-state index in [9.17, 15) is 9.59 Å². The van der Waals surface area contributed by atoms with E-state index in [-0.39, 0.29) is 23.6 Å². The van der Waals surface area contributed by atoms with Crippen LogP contribution in [0.25, 0.3) is 6.08 Å². The zero-order valence-corrected chi connectivity index (χ0v) is 14.6. The summed E-state index contributed by atoms with van der Waals surface area (Å²) in [6.45, 7) is 1.19. The Bertz CT molecular complexity index is 735. The molecule has 1 fully saturated rings. The van der Waals surface area contributed by atoms with Gasteiger partial charge in [-0.15, -0.1) is 11.3 Å². The number of ether oxygens (including phenoxy) is 1. The lowest BCUT2D eigenvalue weighted by molar-refractivity contribution is -0.118. The van der Waals surface area contributed by atoms with Crippen molar-refractivity contribution in [3.8, 4) is 0 Å². The Morgan fingerprint density at radius 3 is 2.72 bits per heavy atom. The Hall–Kier alpha value is -2.44. The molecular formula is C19H20N2O3S. The van der Waals surface area contributed by atoms with Crippen LogP contribution in [0.4, 0.5) is 0 Å². The van der Waals surface area contributed by atoms with Crippen molar-refractivity contribution in [3.05, 3.63) is 64.0 Å². The minimum Gasteiger partial charge on any atom is -0.376 e. The van der Waals surface area contributed by atoms with Crippen LogP contribution < -0.4 is 10.6 Å². The summed E-state index contributed by atoms with van der Waals surface area (Å²) < 4.78 is 5.52. The molecule has 1 aliphatic heterocycles. The van der Waals surface area contributed by atoms with Crippen molar-refractivity contribution < 1.29 is 14.3 Å². The predicted molar refractivity (Wildman–Crippen MR) is 98.2 cm³/mol. The molecule has 1 atom stereocenters. The highest BCUT2D eigenvalue weighted by atomic mass is 32.1. The number of amides is 2. The van der Waals surface area contributed by atoms with Crippen molar-refractivity contribution in [1.29, 1.82) is 0 Å². The highest BCUT2D eigenvalue weighted by Gasteiger charge is 2.19. The van der Waals surface area contributed by atoms with Crippen LogP contribution in [0.2, 0.25) is 0 Å². The van der Waals surface area contributed by atoms with Gasteiger partial charge in [-0.1, -0.05) is 24.3 Å². The van der Waals surface area contributed by atoms with Crippen molar-refractivity contribution in [2.75, 3.05) is 13.2 Å². The van der Waals surface area contributed by atoms with E-state index in [1.807, 2.05) is 23.6 Å². The minimum atomic E-state index is -0.312.